The Morgan fingerprint density at radius 1 is 1.28 bits per heavy atom. The topological polar surface area (TPSA) is 45.4 Å². The van der Waals surface area contributed by atoms with Gasteiger partial charge in [-0.1, -0.05) is 0 Å². The second kappa shape index (κ2) is 5.41. The quantitative estimate of drug-likeness (QED) is 0.906. The monoisotopic (exact) mass is 280 g/mol. The van der Waals surface area contributed by atoms with Crippen LogP contribution in [0.4, 0.5) is 18.3 Å². The maximum Gasteiger partial charge on any atom is 0.401 e. The van der Waals surface area contributed by atoms with Crippen LogP contribution in [0.2, 0.25) is 0 Å². The van der Waals surface area contributed by atoms with Crippen LogP contribution in [0.1, 0.15) is 4.88 Å². The van der Waals surface area contributed by atoms with Crippen molar-refractivity contribution in [3.8, 4) is 0 Å². The number of rotatable bonds is 3. The summed E-state index contributed by atoms with van der Waals surface area (Å²) < 4.78 is 36.7. The number of nitrogens with zero attached hydrogens (tertiary/aromatic N) is 3. The van der Waals surface area contributed by atoms with Crippen molar-refractivity contribution in [3.63, 3.8) is 0 Å². The number of anilines is 1. The molecule has 0 spiro atoms. The number of hydrogen-bond acceptors (Lipinski definition) is 5. The summed E-state index contributed by atoms with van der Waals surface area (Å²) in [7, 11) is 0. The third-order valence-electron chi connectivity index (χ3n) is 2.79. The van der Waals surface area contributed by atoms with Gasteiger partial charge < -0.3 is 10.6 Å². The number of thiazole rings is 1. The second-order valence-electron chi connectivity index (χ2n) is 4.19. The van der Waals surface area contributed by atoms with Crippen molar-refractivity contribution in [3.05, 3.63) is 11.1 Å². The second-order valence-corrected chi connectivity index (χ2v) is 5.29. The van der Waals surface area contributed by atoms with Crippen molar-refractivity contribution < 1.29 is 13.2 Å². The Balaban J connectivity index is 1.86. The summed E-state index contributed by atoms with van der Waals surface area (Å²) in [5.74, 6) is 0. The molecular formula is C10H15F3N4S. The van der Waals surface area contributed by atoms with E-state index in [9.17, 15) is 13.2 Å². The van der Waals surface area contributed by atoms with E-state index >= 15 is 0 Å². The van der Waals surface area contributed by atoms with E-state index in [1.54, 1.807) is 6.20 Å². The molecule has 18 heavy (non-hydrogen) atoms. The van der Waals surface area contributed by atoms with Crippen molar-refractivity contribution in [1.82, 2.24) is 9.88 Å². The minimum absolute atomic E-state index is 0.414. The molecule has 2 N–H and O–H groups in total. The van der Waals surface area contributed by atoms with E-state index in [2.05, 4.69) is 4.98 Å². The minimum atomic E-state index is -4.12. The molecule has 8 heteroatoms. The zero-order valence-electron chi connectivity index (χ0n) is 9.78. The maximum atomic E-state index is 12.2. The van der Waals surface area contributed by atoms with Gasteiger partial charge in [-0.3, -0.25) is 4.90 Å². The lowest BCUT2D eigenvalue weighted by Crippen LogP contribution is -2.49. The van der Waals surface area contributed by atoms with Gasteiger partial charge in [0.15, 0.2) is 5.13 Å². The Labute approximate surface area is 107 Å². The molecule has 2 rings (SSSR count). The maximum absolute atomic E-state index is 12.2. The van der Waals surface area contributed by atoms with Gasteiger partial charge in [-0.15, -0.1) is 11.3 Å². The predicted molar refractivity (Wildman–Crippen MR) is 64.7 cm³/mol. The summed E-state index contributed by atoms with van der Waals surface area (Å²) >= 11 is 1.50. The third-order valence-corrected chi connectivity index (χ3v) is 3.87. The standard InChI is InChI=1S/C10H15F3N4S/c11-10(12,13)7-16-1-3-17(4-2-16)9-15-6-8(5-14)18-9/h6H,1-5,7,14H2. The van der Waals surface area contributed by atoms with Crippen LogP contribution >= 0.6 is 11.3 Å². The van der Waals surface area contributed by atoms with E-state index in [-0.39, 0.29) is 0 Å². The van der Waals surface area contributed by atoms with Crippen LogP contribution in [0.3, 0.4) is 0 Å². The zero-order valence-corrected chi connectivity index (χ0v) is 10.6. The molecule has 0 radical (unpaired) electrons. The summed E-state index contributed by atoms with van der Waals surface area (Å²) in [5.41, 5.74) is 5.50. The molecule has 0 aromatic carbocycles. The molecule has 0 saturated carbocycles. The smallest absolute Gasteiger partial charge is 0.346 e. The molecule has 0 aliphatic carbocycles. The first-order chi connectivity index (χ1) is 8.48. The molecule has 1 aromatic heterocycles. The van der Waals surface area contributed by atoms with Gasteiger partial charge >= 0.3 is 6.18 Å². The number of alkyl halides is 3. The van der Waals surface area contributed by atoms with Gasteiger partial charge in [-0.2, -0.15) is 13.2 Å². The lowest BCUT2D eigenvalue weighted by atomic mass is 10.3. The molecule has 4 nitrogen and oxygen atoms in total. The lowest BCUT2D eigenvalue weighted by Gasteiger charge is -2.34. The van der Waals surface area contributed by atoms with Gasteiger partial charge in [-0.25, -0.2) is 4.98 Å². The molecule has 0 atom stereocenters. The highest BCUT2D eigenvalue weighted by molar-refractivity contribution is 7.15. The molecule has 1 aliphatic rings. The van der Waals surface area contributed by atoms with Gasteiger partial charge in [0.2, 0.25) is 0 Å². The average Bonchev–Trinajstić information content (AvgIpc) is 2.76. The van der Waals surface area contributed by atoms with Crippen LogP contribution in [0.25, 0.3) is 0 Å². The first-order valence-electron chi connectivity index (χ1n) is 5.67. The molecule has 102 valence electrons. The predicted octanol–water partition coefficient (Wildman–Crippen LogP) is 1.29. The number of hydrogen-bond donors (Lipinski definition) is 1. The highest BCUT2D eigenvalue weighted by Crippen LogP contribution is 2.24. The number of halogens is 3. The number of nitrogens with two attached hydrogens (primary N) is 1. The molecule has 0 bridgehead atoms. The number of aromatic nitrogens is 1. The molecule has 0 unspecified atom stereocenters. The van der Waals surface area contributed by atoms with Crippen LogP contribution in [0.5, 0.6) is 0 Å². The Hall–Kier alpha value is -0.860. The van der Waals surface area contributed by atoms with E-state index in [1.807, 2.05) is 4.90 Å². The van der Waals surface area contributed by atoms with Gasteiger partial charge in [0.1, 0.15) is 0 Å². The summed E-state index contributed by atoms with van der Waals surface area (Å²) in [5, 5.41) is 0.849. The Kier molecular flexibility index (Phi) is 4.08. The lowest BCUT2D eigenvalue weighted by molar-refractivity contribution is -0.146. The summed E-state index contributed by atoms with van der Waals surface area (Å²) in [6.07, 6.45) is -2.39. The van der Waals surface area contributed by atoms with Crippen molar-refractivity contribution in [2.24, 2.45) is 5.73 Å². The van der Waals surface area contributed by atoms with E-state index in [0.29, 0.717) is 32.7 Å². The van der Waals surface area contributed by atoms with Crippen LogP contribution < -0.4 is 10.6 Å². The first-order valence-corrected chi connectivity index (χ1v) is 6.48. The van der Waals surface area contributed by atoms with Crippen LogP contribution in [-0.4, -0.2) is 48.8 Å². The average molecular weight is 280 g/mol. The van der Waals surface area contributed by atoms with E-state index in [4.69, 9.17) is 5.73 Å². The molecular weight excluding hydrogens is 265 g/mol. The zero-order chi connectivity index (χ0) is 13.2. The molecule has 1 aliphatic heterocycles. The normalized spacial score (nSPS) is 18.3. The first kappa shape index (κ1) is 13.6. The van der Waals surface area contributed by atoms with Crippen molar-refractivity contribution in [1.29, 1.82) is 0 Å². The minimum Gasteiger partial charge on any atom is -0.346 e. The summed E-state index contributed by atoms with van der Waals surface area (Å²) in [6.45, 7) is 1.60. The molecule has 2 heterocycles. The van der Waals surface area contributed by atoms with Crippen LogP contribution in [-0.2, 0) is 6.54 Å². The highest BCUT2D eigenvalue weighted by atomic mass is 32.1. The van der Waals surface area contributed by atoms with Gasteiger partial charge in [0.05, 0.1) is 6.54 Å². The fourth-order valence-corrected chi connectivity index (χ4v) is 2.73. The van der Waals surface area contributed by atoms with Gasteiger partial charge in [0.25, 0.3) is 0 Å². The Morgan fingerprint density at radius 2 is 1.94 bits per heavy atom. The van der Waals surface area contributed by atoms with E-state index in [1.165, 1.54) is 16.2 Å². The van der Waals surface area contributed by atoms with E-state index in [0.717, 1.165) is 10.0 Å². The fraction of sp³-hybridized carbons (Fsp3) is 0.700. The summed E-state index contributed by atoms with van der Waals surface area (Å²) in [6, 6.07) is 0. The Bertz CT molecular complexity index is 385. The molecule has 1 aromatic rings. The van der Waals surface area contributed by atoms with Crippen molar-refractivity contribution >= 4 is 16.5 Å². The number of piperazine rings is 1. The third kappa shape index (κ3) is 3.56. The van der Waals surface area contributed by atoms with Crippen molar-refractivity contribution in [2.75, 3.05) is 37.6 Å². The Morgan fingerprint density at radius 3 is 2.44 bits per heavy atom. The molecule has 1 fully saturated rings. The SMILES string of the molecule is NCc1cnc(N2CCN(CC(F)(F)F)CC2)s1. The molecule has 1 saturated heterocycles. The van der Waals surface area contributed by atoms with Gasteiger partial charge in [-0.05, 0) is 0 Å². The van der Waals surface area contributed by atoms with E-state index < -0.39 is 12.7 Å². The van der Waals surface area contributed by atoms with Crippen molar-refractivity contribution in [2.45, 2.75) is 12.7 Å². The summed E-state index contributed by atoms with van der Waals surface area (Å²) in [4.78, 5) is 8.66. The van der Waals surface area contributed by atoms with Gasteiger partial charge in [0, 0.05) is 43.8 Å². The largest absolute Gasteiger partial charge is 0.401 e. The highest BCUT2D eigenvalue weighted by Gasteiger charge is 2.32. The van der Waals surface area contributed by atoms with Crippen LogP contribution in [0, 0.1) is 0 Å². The van der Waals surface area contributed by atoms with Crippen LogP contribution in [0.15, 0.2) is 6.20 Å². The molecule has 0 amide bonds. The fourth-order valence-electron chi connectivity index (χ4n) is 1.89.